The molecule has 0 aliphatic heterocycles. The second-order valence-corrected chi connectivity index (χ2v) is 6.53. The molecular formula is C17H14ClN5OS. The summed E-state index contributed by atoms with van der Waals surface area (Å²) >= 11 is 7.04. The smallest absolute Gasteiger partial charge is 0.230 e. The Morgan fingerprint density at radius 3 is 2.72 bits per heavy atom. The van der Waals surface area contributed by atoms with Crippen LogP contribution in [0, 0.1) is 22.7 Å². The number of nitrogens with one attached hydrogen (secondary N) is 1. The van der Waals surface area contributed by atoms with Crippen LogP contribution in [0.25, 0.3) is 0 Å². The van der Waals surface area contributed by atoms with Gasteiger partial charge < -0.3 is 11.1 Å². The zero-order chi connectivity index (χ0) is 18.4. The molecule has 3 N–H and O–H groups in total. The largest absolute Gasteiger partial charge is 0.383 e. The van der Waals surface area contributed by atoms with E-state index in [0.717, 1.165) is 17.3 Å². The third kappa shape index (κ3) is 4.87. The molecule has 1 aromatic carbocycles. The summed E-state index contributed by atoms with van der Waals surface area (Å²) in [4.78, 5) is 16.2. The summed E-state index contributed by atoms with van der Waals surface area (Å²) in [5, 5.41) is 21.8. The minimum atomic E-state index is -0.217. The highest BCUT2D eigenvalue weighted by molar-refractivity contribution is 8.00. The minimum Gasteiger partial charge on any atom is -0.383 e. The zero-order valence-corrected chi connectivity index (χ0v) is 14.9. The number of hydrogen-bond donors (Lipinski definition) is 2. The quantitative estimate of drug-likeness (QED) is 0.780. The van der Waals surface area contributed by atoms with Crippen LogP contribution in [0.15, 0.2) is 35.4 Å². The molecule has 0 fully saturated rings. The summed E-state index contributed by atoms with van der Waals surface area (Å²) in [6.07, 6.45) is 0. The number of halogens is 1. The molecule has 0 saturated carbocycles. The maximum Gasteiger partial charge on any atom is 0.230 e. The van der Waals surface area contributed by atoms with Gasteiger partial charge >= 0.3 is 0 Å². The number of nitrogens with two attached hydrogens (primary N) is 1. The van der Waals surface area contributed by atoms with Gasteiger partial charge in [0.05, 0.1) is 22.9 Å². The van der Waals surface area contributed by atoms with Crippen LogP contribution in [0.3, 0.4) is 0 Å². The average Bonchev–Trinajstić information content (AvgIpc) is 2.60. The Balaban J connectivity index is 2.02. The molecule has 1 heterocycles. The fourth-order valence-electron chi connectivity index (χ4n) is 2.07. The van der Waals surface area contributed by atoms with Crippen LogP contribution in [-0.4, -0.2) is 16.6 Å². The number of carbonyl (C=O) groups excluding carboxylic acids is 1. The van der Waals surface area contributed by atoms with Crippen LogP contribution >= 0.6 is 23.4 Å². The van der Waals surface area contributed by atoms with Crippen LogP contribution in [0.2, 0.25) is 5.02 Å². The minimum absolute atomic E-state index is 0.0386. The zero-order valence-electron chi connectivity index (χ0n) is 13.3. The van der Waals surface area contributed by atoms with E-state index in [1.165, 1.54) is 6.07 Å². The van der Waals surface area contributed by atoms with E-state index in [0.29, 0.717) is 10.0 Å². The number of nitriles is 2. The van der Waals surface area contributed by atoms with Gasteiger partial charge in [0.1, 0.15) is 23.0 Å². The molecule has 126 valence electrons. The molecule has 25 heavy (non-hydrogen) atoms. The van der Waals surface area contributed by atoms with E-state index in [9.17, 15) is 4.79 Å². The summed E-state index contributed by atoms with van der Waals surface area (Å²) in [6.45, 7) is 1.85. The molecule has 0 aliphatic carbocycles. The van der Waals surface area contributed by atoms with E-state index in [4.69, 9.17) is 27.9 Å². The van der Waals surface area contributed by atoms with Gasteiger partial charge in [0.2, 0.25) is 5.91 Å². The Morgan fingerprint density at radius 2 is 2.08 bits per heavy atom. The van der Waals surface area contributed by atoms with Gasteiger partial charge in [-0.1, -0.05) is 35.5 Å². The second-order valence-electron chi connectivity index (χ2n) is 5.13. The molecule has 8 heteroatoms. The molecule has 1 aromatic heterocycles. The number of hydrogen-bond acceptors (Lipinski definition) is 6. The summed E-state index contributed by atoms with van der Waals surface area (Å²) in [5.41, 5.74) is 6.91. The van der Waals surface area contributed by atoms with Gasteiger partial charge in [-0.05, 0) is 30.7 Å². The Kier molecular flexibility index (Phi) is 6.24. The summed E-state index contributed by atoms with van der Waals surface area (Å²) in [6, 6.07) is 12.2. The molecule has 0 radical (unpaired) electrons. The fraction of sp³-hybridized carbons (Fsp3) is 0.176. The van der Waals surface area contributed by atoms with Crippen molar-refractivity contribution in [3.05, 3.63) is 52.0 Å². The van der Waals surface area contributed by atoms with Gasteiger partial charge in [0.15, 0.2) is 0 Å². The summed E-state index contributed by atoms with van der Waals surface area (Å²) in [5.74, 6) is -0.111. The lowest BCUT2D eigenvalue weighted by atomic mass is 10.1. The van der Waals surface area contributed by atoms with E-state index in [2.05, 4.69) is 10.3 Å². The van der Waals surface area contributed by atoms with Crippen molar-refractivity contribution < 1.29 is 4.79 Å². The van der Waals surface area contributed by atoms with Crippen molar-refractivity contribution in [2.75, 3.05) is 11.5 Å². The average molecular weight is 372 g/mol. The third-order valence-electron chi connectivity index (χ3n) is 3.32. The molecule has 0 saturated heterocycles. The van der Waals surface area contributed by atoms with Gasteiger partial charge in [-0.3, -0.25) is 4.79 Å². The monoisotopic (exact) mass is 371 g/mol. The lowest BCUT2D eigenvalue weighted by Gasteiger charge is -2.14. The SMILES string of the molecule is C[C@H](NC(=O)CSc1nc(N)c(C#N)cc1C#N)c1cccc(Cl)c1. The maximum absolute atomic E-state index is 12.1. The van der Waals surface area contributed by atoms with E-state index in [-0.39, 0.29) is 34.6 Å². The number of thioether (sulfide) groups is 1. The molecule has 0 aliphatic rings. The fourth-order valence-corrected chi connectivity index (χ4v) is 3.04. The van der Waals surface area contributed by atoms with Gasteiger partial charge in [-0.15, -0.1) is 0 Å². The molecule has 0 spiro atoms. The number of anilines is 1. The van der Waals surface area contributed by atoms with Crippen LogP contribution in [0.1, 0.15) is 29.7 Å². The predicted molar refractivity (Wildman–Crippen MR) is 96.8 cm³/mol. The maximum atomic E-state index is 12.1. The van der Waals surface area contributed by atoms with Gasteiger partial charge in [-0.2, -0.15) is 10.5 Å². The number of aromatic nitrogens is 1. The van der Waals surface area contributed by atoms with Gasteiger partial charge in [-0.25, -0.2) is 4.98 Å². The topological polar surface area (TPSA) is 116 Å². The first-order valence-electron chi connectivity index (χ1n) is 7.23. The number of benzene rings is 1. The first kappa shape index (κ1) is 18.6. The van der Waals surface area contributed by atoms with Crippen molar-refractivity contribution in [1.82, 2.24) is 10.3 Å². The first-order valence-corrected chi connectivity index (χ1v) is 8.59. The van der Waals surface area contributed by atoms with Crippen LogP contribution in [0.5, 0.6) is 0 Å². The van der Waals surface area contributed by atoms with Crippen molar-refractivity contribution in [2.24, 2.45) is 0 Å². The Bertz CT molecular complexity index is 888. The molecule has 0 unspecified atom stereocenters. The van der Waals surface area contributed by atoms with Crippen molar-refractivity contribution in [3.8, 4) is 12.1 Å². The van der Waals surface area contributed by atoms with Crippen LogP contribution in [0.4, 0.5) is 5.82 Å². The second kappa shape index (κ2) is 8.39. The molecule has 1 amide bonds. The molecular weight excluding hydrogens is 358 g/mol. The highest BCUT2D eigenvalue weighted by Gasteiger charge is 2.14. The van der Waals surface area contributed by atoms with Crippen LogP contribution < -0.4 is 11.1 Å². The number of amides is 1. The van der Waals surface area contributed by atoms with Gasteiger partial charge in [0.25, 0.3) is 0 Å². The first-order chi connectivity index (χ1) is 11.9. The highest BCUT2D eigenvalue weighted by atomic mass is 35.5. The van der Waals surface area contributed by atoms with E-state index >= 15 is 0 Å². The van der Waals surface area contributed by atoms with E-state index < -0.39 is 0 Å². The standard InChI is InChI=1S/C17H14ClN5OS/c1-10(11-3-2-4-14(18)6-11)22-15(24)9-25-17-13(8-20)5-12(7-19)16(21)23-17/h2-6,10H,9H2,1H3,(H2,21,23)(H,22,24)/t10-/m0/s1. The summed E-state index contributed by atoms with van der Waals surface area (Å²) in [7, 11) is 0. The van der Waals surface area contributed by atoms with Crippen molar-refractivity contribution in [1.29, 1.82) is 10.5 Å². The van der Waals surface area contributed by atoms with Crippen molar-refractivity contribution in [3.63, 3.8) is 0 Å². The molecule has 2 aromatic rings. The summed E-state index contributed by atoms with van der Waals surface area (Å²) < 4.78 is 0. The Morgan fingerprint density at radius 1 is 1.36 bits per heavy atom. The lowest BCUT2D eigenvalue weighted by molar-refractivity contribution is -0.119. The molecule has 2 rings (SSSR count). The van der Waals surface area contributed by atoms with Gasteiger partial charge in [0, 0.05) is 5.02 Å². The van der Waals surface area contributed by atoms with Crippen molar-refractivity contribution in [2.45, 2.75) is 18.0 Å². The molecule has 6 nitrogen and oxygen atoms in total. The predicted octanol–water partition coefficient (Wildman–Crippen LogP) is 3.03. The molecule has 0 bridgehead atoms. The lowest BCUT2D eigenvalue weighted by Crippen LogP contribution is -2.28. The normalized spacial score (nSPS) is 11.2. The Hall–Kier alpha value is -2.74. The van der Waals surface area contributed by atoms with E-state index in [1.807, 2.05) is 31.2 Å². The highest BCUT2D eigenvalue weighted by Crippen LogP contribution is 2.24. The number of rotatable bonds is 5. The van der Waals surface area contributed by atoms with Crippen molar-refractivity contribution >= 4 is 35.1 Å². The molecule has 1 atom stereocenters. The van der Waals surface area contributed by atoms with E-state index in [1.54, 1.807) is 12.1 Å². The number of carbonyl (C=O) groups is 1. The number of nitrogen functional groups attached to an aromatic ring is 1. The van der Waals surface area contributed by atoms with Crippen LogP contribution in [-0.2, 0) is 4.79 Å². The number of pyridine rings is 1. The Labute approximate surface area is 154 Å². The third-order valence-corrected chi connectivity index (χ3v) is 4.55. The number of nitrogens with zero attached hydrogens (tertiary/aromatic N) is 3.